The normalized spacial score (nSPS) is 17.3. The highest BCUT2D eigenvalue weighted by Crippen LogP contribution is 2.49. The van der Waals surface area contributed by atoms with Crippen LogP contribution in [0, 0.1) is 5.92 Å². The average molecular weight is 476 g/mol. The Morgan fingerprint density at radius 1 is 1.06 bits per heavy atom. The number of hydrogen-bond acceptors (Lipinski definition) is 4. The fourth-order valence-electron chi connectivity index (χ4n) is 4.33. The molecule has 1 unspecified atom stereocenters. The number of benzene rings is 2. The van der Waals surface area contributed by atoms with Gasteiger partial charge in [0.1, 0.15) is 4.99 Å². The van der Waals surface area contributed by atoms with E-state index in [0.29, 0.717) is 12.0 Å². The Hall–Kier alpha value is -1.27. The van der Waals surface area contributed by atoms with Gasteiger partial charge in [-0.1, -0.05) is 62.4 Å². The van der Waals surface area contributed by atoms with Gasteiger partial charge in [-0.25, -0.2) is 0 Å². The second-order valence-electron chi connectivity index (χ2n) is 8.70. The maximum atomic E-state index is 5.75. The van der Waals surface area contributed by atoms with Gasteiger partial charge in [-0.3, -0.25) is 0 Å². The summed E-state index contributed by atoms with van der Waals surface area (Å²) >= 11 is 7.61. The average Bonchev–Trinajstić information content (AvgIpc) is 3.27. The SMILES string of the molecule is CC[C@@H](C)CNC(=S)c1ccc2c(c1)N(C(C)CN1CCCC1)c1ccccc1S2.Cl. The Kier molecular flexibility index (Phi) is 8.68. The van der Waals surface area contributed by atoms with Gasteiger partial charge in [0.15, 0.2) is 0 Å². The molecule has 2 aliphatic heterocycles. The Morgan fingerprint density at radius 2 is 1.77 bits per heavy atom. The Balaban J connectivity index is 0.00000272. The fourth-order valence-corrected chi connectivity index (χ4v) is 5.60. The number of likely N-dealkylation sites (tertiary alicyclic amines) is 1. The van der Waals surface area contributed by atoms with Crippen molar-refractivity contribution in [3.8, 4) is 0 Å². The number of rotatable bonds is 7. The lowest BCUT2D eigenvalue weighted by Crippen LogP contribution is -2.40. The minimum Gasteiger partial charge on any atom is -0.376 e. The zero-order valence-electron chi connectivity index (χ0n) is 18.8. The zero-order chi connectivity index (χ0) is 21.1. The van der Waals surface area contributed by atoms with E-state index in [2.05, 4.69) is 78.4 Å². The second-order valence-corrected chi connectivity index (χ2v) is 10.2. The van der Waals surface area contributed by atoms with Crippen molar-refractivity contribution in [3.05, 3.63) is 48.0 Å². The topological polar surface area (TPSA) is 18.5 Å². The molecule has 1 fully saturated rings. The summed E-state index contributed by atoms with van der Waals surface area (Å²) in [4.78, 5) is 8.66. The van der Waals surface area contributed by atoms with E-state index in [1.807, 2.05) is 11.8 Å². The van der Waals surface area contributed by atoms with Gasteiger partial charge in [0.25, 0.3) is 0 Å². The van der Waals surface area contributed by atoms with Gasteiger partial charge in [0, 0.05) is 34.5 Å². The molecule has 0 amide bonds. The molecule has 6 heteroatoms. The lowest BCUT2D eigenvalue weighted by Gasteiger charge is -2.39. The van der Waals surface area contributed by atoms with Crippen molar-refractivity contribution in [1.82, 2.24) is 10.2 Å². The molecule has 0 aromatic heterocycles. The van der Waals surface area contributed by atoms with Crippen molar-refractivity contribution in [1.29, 1.82) is 0 Å². The monoisotopic (exact) mass is 475 g/mol. The first kappa shape index (κ1) is 24.4. The van der Waals surface area contributed by atoms with Gasteiger partial charge in [0.05, 0.1) is 11.4 Å². The third-order valence-corrected chi connectivity index (χ3v) is 7.81. The standard InChI is InChI=1S/C25H33N3S2.ClH/c1-4-18(2)16-26-25(29)20-11-12-24-22(15-20)28(19(3)17-27-13-7-8-14-27)21-9-5-6-10-23(21)30-24;/h5-6,9-12,15,18-19H,4,7-8,13-14,16-17H2,1-3H3,(H,26,29);1H/t18-,19?;/m1./s1. The van der Waals surface area contributed by atoms with Gasteiger partial charge in [-0.15, -0.1) is 12.4 Å². The summed E-state index contributed by atoms with van der Waals surface area (Å²) in [6, 6.07) is 15.9. The van der Waals surface area contributed by atoms with Crippen LogP contribution in [0.5, 0.6) is 0 Å². The van der Waals surface area contributed by atoms with Gasteiger partial charge < -0.3 is 15.1 Å². The molecule has 2 aromatic carbocycles. The van der Waals surface area contributed by atoms with Crippen LogP contribution < -0.4 is 10.2 Å². The molecule has 0 bridgehead atoms. The summed E-state index contributed by atoms with van der Waals surface area (Å²) in [5, 5.41) is 3.48. The van der Waals surface area contributed by atoms with Crippen LogP contribution in [0.3, 0.4) is 0 Å². The van der Waals surface area contributed by atoms with Crippen molar-refractivity contribution in [3.63, 3.8) is 0 Å². The molecule has 1 N–H and O–H groups in total. The van der Waals surface area contributed by atoms with Crippen molar-refractivity contribution in [2.24, 2.45) is 5.92 Å². The number of anilines is 2. The van der Waals surface area contributed by atoms with Crippen LogP contribution in [0.25, 0.3) is 0 Å². The van der Waals surface area contributed by atoms with Crippen molar-refractivity contribution >= 4 is 52.8 Å². The largest absolute Gasteiger partial charge is 0.376 e. The molecular weight excluding hydrogens is 442 g/mol. The van der Waals surface area contributed by atoms with E-state index in [9.17, 15) is 0 Å². The molecule has 31 heavy (non-hydrogen) atoms. The first-order valence-electron chi connectivity index (χ1n) is 11.3. The van der Waals surface area contributed by atoms with Crippen molar-refractivity contribution in [2.75, 3.05) is 31.1 Å². The number of thiocarbonyl (C=S) groups is 1. The first-order chi connectivity index (χ1) is 14.6. The van der Waals surface area contributed by atoms with Crippen LogP contribution in [0.15, 0.2) is 52.3 Å². The third-order valence-electron chi connectivity index (χ3n) is 6.30. The summed E-state index contributed by atoms with van der Waals surface area (Å²) in [6.07, 6.45) is 3.82. The van der Waals surface area contributed by atoms with E-state index >= 15 is 0 Å². The van der Waals surface area contributed by atoms with Crippen LogP contribution in [0.2, 0.25) is 0 Å². The van der Waals surface area contributed by atoms with Gasteiger partial charge in [-0.2, -0.15) is 0 Å². The van der Waals surface area contributed by atoms with Crippen molar-refractivity contribution in [2.45, 2.75) is 55.9 Å². The maximum absolute atomic E-state index is 5.75. The summed E-state index contributed by atoms with van der Waals surface area (Å²) in [5.74, 6) is 0.625. The van der Waals surface area contributed by atoms with E-state index in [1.54, 1.807) is 0 Å². The summed E-state index contributed by atoms with van der Waals surface area (Å²) in [6.45, 7) is 11.3. The highest BCUT2D eigenvalue weighted by Gasteiger charge is 2.29. The molecule has 168 valence electrons. The van der Waals surface area contributed by atoms with Crippen LogP contribution >= 0.6 is 36.4 Å². The molecule has 2 atom stereocenters. The number of fused-ring (bicyclic) bond motifs is 2. The lowest BCUT2D eigenvalue weighted by molar-refractivity contribution is 0.319. The number of para-hydroxylation sites is 1. The van der Waals surface area contributed by atoms with Crippen molar-refractivity contribution < 1.29 is 0 Å². The van der Waals surface area contributed by atoms with Gasteiger partial charge >= 0.3 is 0 Å². The van der Waals surface area contributed by atoms with Gasteiger partial charge in [0.2, 0.25) is 0 Å². The molecule has 2 heterocycles. The van der Waals surface area contributed by atoms with Crippen LogP contribution in [0.1, 0.15) is 45.6 Å². The Bertz CT molecular complexity index is 898. The molecule has 3 nitrogen and oxygen atoms in total. The van der Waals surface area contributed by atoms with Crippen LogP contribution in [-0.4, -0.2) is 42.1 Å². The predicted octanol–water partition coefficient (Wildman–Crippen LogP) is 6.51. The number of halogens is 1. The van der Waals surface area contributed by atoms with E-state index in [1.165, 1.54) is 47.1 Å². The van der Waals surface area contributed by atoms with Crippen LogP contribution in [0.4, 0.5) is 11.4 Å². The highest BCUT2D eigenvalue weighted by atomic mass is 35.5. The third kappa shape index (κ3) is 5.57. The molecule has 0 spiro atoms. The maximum Gasteiger partial charge on any atom is 0.106 e. The zero-order valence-corrected chi connectivity index (χ0v) is 21.2. The molecule has 0 aliphatic carbocycles. The molecule has 0 radical (unpaired) electrons. The molecular formula is C25H34ClN3S2. The van der Waals surface area contributed by atoms with E-state index in [4.69, 9.17) is 12.2 Å². The number of hydrogen-bond donors (Lipinski definition) is 1. The molecule has 0 saturated carbocycles. The number of nitrogens with one attached hydrogen (secondary N) is 1. The summed E-state index contributed by atoms with van der Waals surface area (Å²) < 4.78 is 0. The second kappa shape index (κ2) is 11.0. The minimum atomic E-state index is 0. The Labute approximate surface area is 203 Å². The smallest absolute Gasteiger partial charge is 0.106 e. The van der Waals surface area contributed by atoms with Gasteiger partial charge in [-0.05, 0) is 63.0 Å². The fraction of sp³-hybridized carbons (Fsp3) is 0.480. The molecule has 4 rings (SSSR count). The molecule has 2 aliphatic rings. The summed E-state index contributed by atoms with van der Waals surface area (Å²) in [5.41, 5.74) is 3.72. The van der Waals surface area contributed by atoms with Crippen LogP contribution in [-0.2, 0) is 0 Å². The molecule has 2 aromatic rings. The Morgan fingerprint density at radius 3 is 2.52 bits per heavy atom. The lowest BCUT2D eigenvalue weighted by atomic mass is 10.1. The van der Waals surface area contributed by atoms with E-state index < -0.39 is 0 Å². The van der Waals surface area contributed by atoms with E-state index in [0.717, 1.165) is 30.1 Å². The summed E-state index contributed by atoms with van der Waals surface area (Å²) in [7, 11) is 0. The quantitative estimate of drug-likeness (QED) is 0.459. The minimum absolute atomic E-state index is 0. The molecule has 1 saturated heterocycles. The highest BCUT2D eigenvalue weighted by molar-refractivity contribution is 7.99. The first-order valence-corrected chi connectivity index (χ1v) is 12.5. The van der Waals surface area contributed by atoms with E-state index in [-0.39, 0.29) is 12.4 Å². The number of nitrogens with zero attached hydrogens (tertiary/aromatic N) is 2. The predicted molar refractivity (Wildman–Crippen MR) is 141 cm³/mol.